The molecule has 0 unspecified atom stereocenters. The summed E-state index contributed by atoms with van der Waals surface area (Å²) in [5, 5.41) is 3.48. The van der Waals surface area contributed by atoms with Crippen LogP contribution < -0.4 is 5.32 Å². The summed E-state index contributed by atoms with van der Waals surface area (Å²) in [6.07, 6.45) is 7.00. The molecule has 0 atom stereocenters. The molecule has 4 rings (SSSR count). The molecular formula is C19H23N5. The summed E-state index contributed by atoms with van der Waals surface area (Å²) in [5.41, 5.74) is 5.73. The van der Waals surface area contributed by atoms with Crippen LogP contribution in [0.25, 0.3) is 16.9 Å². The minimum atomic E-state index is 0.921. The lowest BCUT2D eigenvalue weighted by Crippen LogP contribution is -2.28. The Kier molecular flexibility index (Phi) is 4.28. The molecule has 3 aromatic rings. The lowest BCUT2D eigenvalue weighted by Gasteiger charge is -2.20. The largest absolute Gasteiger partial charge is 0.315 e. The molecule has 0 amide bonds. The molecule has 1 fully saturated rings. The van der Waals surface area contributed by atoms with E-state index in [0.717, 1.165) is 49.6 Å². The minimum Gasteiger partial charge on any atom is -0.315 e. The summed E-state index contributed by atoms with van der Waals surface area (Å²) >= 11 is 0. The highest BCUT2D eigenvalue weighted by Crippen LogP contribution is 2.26. The summed E-state index contributed by atoms with van der Waals surface area (Å²) < 4.78 is 2.25. The summed E-state index contributed by atoms with van der Waals surface area (Å²) in [6, 6.07) is 8.32. The third-order valence-corrected chi connectivity index (χ3v) is 4.70. The molecule has 5 heteroatoms. The van der Waals surface area contributed by atoms with E-state index >= 15 is 0 Å². The van der Waals surface area contributed by atoms with Crippen molar-refractivity contribution >= 4 is 5.65 Å². The van der Waals surface area contributed by atoms with Crippen molar-refractivity contribution in [2.24, 2.45) is 0 Å². The number of pyridine rings is 2. The van der Waals surface area contributed by atoms with Crippen molar-refractivity contribution in [1.29, 1.82) is 0 Å². The number of rotatable bonds is 3. The van der Waals surface area contributed by atoms with Crippen LogP contribution >= 0.6 is 0 Å². The Bertz CT molecular complexity index is 816. The highest BCUT2D eigenvalue weighted by Gasteiger charge is 2.18. The van der Waals surface area contributed by atoms with Gasteiger partial charge in [-0.2, -0.15) is 0 Å². The zero-order valence-corrected chi connectivity index (χ0v) is 14.1. The number of fused-ring (bicyclic) bond motifs is 1. The predicted octanol–water partition coefficient (Wildman–Crippen LogP) is 2.50. The maximum Gasteiger partial charge on any atom is 0.140 e. The van der Waals surface area contributed by atoms with Gasteiger partial charge in [0.2, 0.25) is 0 Å². The van der Waals surface area contributed by atoms with E-state index in [-0.39, 0.29) is 0 Å². The first-order chi connectivity index (χ1) is 11.8. The second-order valence-corrected chi connectivity index (χ2v) is 6.41. The second-order valence-electron chi connectivity index (χ2n) is 6.41. The Balaban J connectivity index is 1.80. The highest BCUT2D eigenvalue weighted by atomic mass is 15.2. The Morgan fingerprint density at radius 1 is 1.12 bits per heavy atom. The topological polar surface area (TPSA) is 45.5 Å². The number of hydrogen-bond donors (Lipinski definition) is 1. The second kappa shape index (κ2) is 6.71. The van der Waals surface area contributed by atoms with Gasteiger partial charge in [-0.3, -0.25) is 9.88 Å². The zero-order chi connectivity index (χ0) is 16.4. The molecule has 0 aliphatic carbocycles. The number of nitrogens with zero attached hydrogens (tertiary/aromatic N) is 4. The smallest absolute Gasteiger partial charge is 0.140 e. The van der Waals surface area contributed by atoms with Crippen molar-refractivity contribution < 1.29 is 0 Å². The Morgan fingerprint density at radius 2 is 2.00 bits per heavy atom. The third kappa shape index (κ3) is 2.92. The average Bonchev–Trinajstić information content (AvgIpc) is 2.79. The number of imidazole rings is 1. The van der Waals surface area contributed by atoms with Gasteiger partial charge in [0.1, 0.15) is 5.65 Å². The van der Waals surface area contributed by atoms with E-state index in [0.29, 0.717) is 0 Å². The van der Waals surface area contributed by atoms with Crippen LogP contribution in [-0.4, -0.2) is 45.4 Å². The first-order valence-corrected chi connectivity index (χ1v) is 8.63. The number of aromatic nitrogens is 3. The molecule has 1 saturated heterocycles. The highest BCUT2D eigenvalue weighted by molar-refractivity contribution is 5.67. The van der Waals surface area contributed by atoms with E-state index in [1.807, 2.05) is 24.5 Å². The maximum absolute atomic E-state index is 4.96. The molecule has 4 heterocycles. The van der Waals surface area contributed by atoms with Gasteiger partial charge in [0.25, 0.3) is 0 Å². The van der Waals surface area contributed by atoms with Crippen LogP contribution in [0.15, 0.2) is 42.9 Å². The van der Waals surface area contributed by atoms with E-state index in [4.69, 9.17) is 4.98 Å². The van der Waals surface area contributed by atoms with Gasteiger partial charge in [-0.05, 0) is 50.2 Å². The molecule has 24 heavy (non-hydrogen) atoms. The molecule has 0 saturated carbocycles. The van der Waals surface area contributed by atoms with Gasteiger partial charge in [0.15, 0.2) is 0 Å². The van der Waals surface area contributed by atoms with E-state index in [1.54, 1.807) is 0 Å². The van der Waals surface area contributed by atoms with Gasteiger partial charge in [0.05, 0.1) is 11.4 Å². The van der Waals surface area contributed by atoms with Crippen molar-refractivity contribution in [2.75, 3.05) is 26.2 Å². The van der Waals surface area contributed by atoms with Crippen molar-refractivity contribution in [1.82, 2.24) is 24.6 Å². The number of nitrogens with one attached hydrogen (secondary N) is 1. The standard InChI is InChI=1S/C19H23N5/c1-15-4-2-12-24-17(14-23-11-3-7-20-10-13-23)18(22-19(15)24)16-5-8-21-9-6-16/h2,4-6,8-9,12,20H,3,7,10-11,13-14H2,1H3. The first-order valence-electron chi connectivity index (χ1n) is 8.63. The molecule has 124 valence electrons. The monoisotopic (exact) mass is 321 g/mol. The van der Waals surface area contributed by atoms with E-state index in [1.165, 1.54) is 17.7 Å². The lowest BCUT2D eigenvalue weighted by atomic mass is 10.1. The normalized spacial score (nSPS) is 16.4. The number of hydrogen-bond acceptors (Lipinski definition) is 4. The maximum atomic E-state index is 4.96. The van der Waals surface area contributed by atoms with E-state index in [9.17, 15) is 0 Å². The van der Waals surface area contributed by atoms with Gasteiger partial charge in [-0.25, -0.2) is 4.98 Å². The summed E-state index contributed by atoms with van der Waals surface area (Å²) in [6.45, 7) is 7.42. The molecular weight excluding hydrogens is 298 g/mol. The Hall–Kier alpha value is -2.24. The molecule has 5 nitrogen and oxygen atoms in total. The molecule has 0 radical (unpaired) electrons. The molecule has 3 aromatic heterocycles. The van der Waals surface area contributed by atoms with Crippen LogP contribution in [0.2, 0.25) is 0 Å². The van der Waals surface area contributed by atoms with Gasteiger partial charge in [-0.15, -0.1) is 0 Å². The predicted molar refractivity (Wildman–Crippen MR) is 95.9 cm³/mol. The van der Waals surface area contributed by atoms with Crippen molar-refractivity contribution in [3.05, 3.63) is 54.1 Å². The zero-order valence-electron chi connectivity index (χ0n) is 14.1. The van der Waals surface area contributed by atoms with Gasteiger partial charge in [-0.1, -0.05) is 6.07 Å². The quantitative estimate of drug-likeness (QED) is 0.805. The fourth-order valence-electron chi connectivity index (χ4n) is 3.42. The van der Waals surface area contributed by atoms with Gasteiger partial charge < -0.3 is 9.72 Å². The third-order valence-electron chi connectivity index (χ3n) is 4.70. The summed E-state index contributed by atoms with van der Waals surface area (Å²) in [4.78, 5) is 11.6. The van der Waals surface area contributed by atoms with Crippen molar-refractivity contribution in [3.63, 3.8) is 0 Å². The SMILES string of the molecule is Cc1cccn2c(CN3CCCNCC3)c(-c3ccncc3)nc12. The summed E-state index contributed by atoms with van der Waals surface area (Å²) in [5.74, 6) is 0. The van der Waals surface area contributed by atoms with Gasteiger partial charge >= 0.3 is 0 Å². The molecule has 0 spiro atoms. The first kappa shape index (κ1) is 15.3. The fraction of sp³-hybridized carbons (Fsp3) is 0.368. The van der Waals surface area contributed by atoms with Crippen molar-refractivity contribution in [3.8, 4) is 11.3 Å². The van der Waals surface area contributed by atoms with Crippen LogP contribution in [0, 0.1) is 6.92 Å². The van der Waals surface area contributed by atoms with Crippen LogP contribution in [0.1, 0.15) is 17.7 Å². The molecule has 0 bridgehead atoms. The van der Waals surface area contributed by atoms with Crippen LogP contribution in [0.5, 0.6) is 0 Å². The van der Waals surface area contributed by atoms with E-state index < -0.39 is 0 Å². The average molecular weight is 321 g/mol. The van der Waals surface area contributed by atoms with Crippen molar-refractivity contribution in [2.45, 2.75) is 19.9 Å². The van der Waals surface area contributed by atoms with E-state index in [2.05, 4.69) is 44.9 Å². The van der Waals surface area contributed by atoms with Crippen LogP contribution in [0.4, 0.5) is 0 Å². The molecule has 1 N–H and O–H groups in total. The molecule has 0 aromatic carbocycles. The van der Waals surface area contributed by atoms with Crippen LogP contribution in [0.3, 0.4) is 0 Å². The summed E-state index contributed by atoms with van der Waals surface area (Å²) in [7, 11) is 0. The Morgan fingerprint density at radius 3 is 2.88 bits per heavy atom. The van der Waals surface area contributed by atoms with Crippen LogP contribution in [-0.2, 0) is 6.54 Å². The fourth-order valence-corrected chi connectivity index (χ4v) is 3.42. The lowest BCUT2D eigenvalue weighted by molar-refractivity contribution is 0.281. The Labute approximate surface area is 142 Å². The van der Waals surface area contributed by atoms with Gasteiger partial charge in [0, 0.05) is 43.8 Å². The molecule has 1 aliphatic rings. The number of aryl methyl sites for hydroxylation is 1. The molecule has 1 aliphatic heterocycles. The minimum absolute atomic E-state index is 0.921.